The standard InChI is InChI=1S/C24H31FN4O3/c1-16(2)22-27-21-9-13-31-12-8-20(21)23(28-22)32-19-6-10-29(11-7-19)24(30)26-15-17-4-3-5-18(25)14-17/h3-5,14,16,19H,6-13,15H2,1-2H3,(H,26,30). The van der Waals surface area contributed by atoms with Crippen molar-refractivity contribution in [2.24, 2.45) is 0 Å². The fourth-order valence-corrected chi connectivity index (χ4v) is 4.06. The Balaban J connectivity index is 1.34. The van der Waals surface area contributed by atoms with Crippen LogP contribution in [0.4, 0.5) is 9.18 Å². The number of rotatable bonds is 5. The molecule has 1 saturated heterocycles. The second-order valence-electron chi connectivity index (χ2n) is 8.67. The number of urea groups is 1. The number of piperidine rings is 1. The SMILES string of the molecule is CC(C)c1nc2c(c(OC3CCN(C(=O)NCc4cccc(F)c4)CC3)n1)CCOCC2. The van der Waals surface area contributed by atoms with Crippen LogP contribution in [0.15, 0.2) is 24.3 Å². The Morgan fingerprint density at radius 3 is 2.78 bits per heavy atom. The van der Waals surface area contributed by atoms with Gasteiger partial charge in [0.25, 0.3) is 0 Å². The van der Waals surface area contributed by atoms with Gasteiger partial charge in [-0.3, -0.25) is 0 Å². The molecule has 2 aromatic rings. The number of carbonyl (C=O) groups excluding carboxylic acids is 1. The van der Waals surface area contributed by atoms with E-state index >= 15 is 0 Å². The van der Waals surface area contributed by atoms with Crippen LogP contribution in [0.25, 0.3) is 0 Å². The zero-order valence-corrected chi connectivity index (χ0v) is 18.8. The molecule has 1 aromatic heterocycles. The summed E-state index contributed by atoms with van der Waals surface area (Å²) in [7, 11) is 0. The Kier molecular flexibility index (Phi) is 7.19. The molecular formula is C24H31FN4O3. The van der Waals surface area contributed by atoms with Crippen molar-refractivity contribution in [2.75, 3.05) is 26.3 Å². The predicted molar refractivity (Wildman–Crippen MR) is 118 cm³/mol. The molecule has 2 aliphatic heterocycles. The highest BCUT2D eigenvalue weighted by Gasteiger charge is 2.27. The van der Waals surface area contributed by atoms with Gasteiger partial charge >= 0.3 is 6.03 Å². The van der Waals surface area contributed by atoms with E-state index in [4.69, 9.17) is 19.4 Å². The number of benzene rings is 1. The van der Waals surface area contributed by atoms with E-state index in [9.17, 15) is 9.18 Å². The molecule has 0 unspecified atom stereocenters. The van der Waals surface area contributed by atoms with Crippen molar-refractivity contribution in [1.82, 2.24) is 20.2 Å². The van der Waals surface area contributed by atoms with Crippen molar-refractivity contribution < 1.29 is 18.7 Å². The summed E-state index contributed by atoms with van der Waals surface area (Å²) >= 11 is 0. The maximum atomic E-state index is 13.3. The molecule has 8 heteroatoms. The summed E-state index contributed by atoms with van der Waals surface area (Å²) in [6.07, 6.45) is 3.01. The molecule has 0 aliphatic carbocycles. The molecule has 1 fully saturated rings. The normalized spacial score (nSPS) is 17.1. The van der Waals surface area contributed by atoms with E-state index in [-0.39, 0.29) is 23.9 Å². The number of carbonyl (C=O) groups is 1. The van der Waals surface area contributed by atoms with Gasteiger partial charge in [0, 0.05) is 56.8 Å². The van der Waals surface area contributed by atoms with E-state index in [1.165, 1.54) is 12.1 Å². The zero-order chi connectivity index (χ0) is 22.5. The number of likely N-dealkylation sites (tertiary alicyclic amines) is 1. The van der Waals surface area contributed by atoms with Gasteiger partial charge in [-0.25, -0.2) is 14.2 Å². The number of halogens is 1. The molecule has 4 rings (SSSR count). The van der Waals surface area contributed by atoms with E-state index in [1.807, 2.05) is 0 Å². The molecule has 0 bridgehead atoms. The highest BCUT2D eigenvalue weighted by molar-refractivity contribution is 5.74. The summed E-state index contributed by atoms with van der Waals surface area (Å²) in [5.41, 5.74) is 2.83. The lowest BCUT2D eigenvalue weighted by Gasteiger charge is -2.32. The first-order valence-corrected chi connectivity index (χ1v) is 11.4. The summed E-state index contributed by atoms with van der Waals surface area (Å²) in [4.78, 5) is 23.8. The first-order valence-electron chi connectivity index (χ1n) is 11.4. The fraction of sp³-hybridized carbons (Fsp3) is 0.542. The average Bonchev–Trinajstić information content (AvgIpc) is 3.04. The van der Waals surface area contributed by atoms with Gasteiger partial charge in [0.2, 0.25) is 5.88 Å². The summed E-state index contributed by atoms with van der Waals surface area (Å²) in [6, 6.07) is 6.13. The minimum atomic E-state index is -0.301. The average molecular weight is 443 g/mol. The highest BCUT2D eigenvalue weighted by Crippen LogP contribution is 2.27. The molecule has 1 N–H and O–H groups in total. The van der Waals surface area contributed by atoms with Gasteiger partial charge in [-0.05, 0) is 17.7 Å². The Morgan fingerprint density at radius 2 is 2.03 bits per heavy atom. The molecule has 0 atom stereocenters. The van der Waals surface area contributed by atoms with E-state index in [1.54, 1.807) is 17.0 Å². The van der Waals surface area contributed by atoms with Gasteiger partial charge in [-0.2, -0.15) is 4.98 Å². The number of amides is 2. The van der Waals surface area contributed by atoms with Crippen molar-refractivity contribution in [3.8, 4) is 5.88 Å². The lowest BCUT2D eigenvalue weighted by Crippen LogP contribution is -2.46. The third kappa shape index (κ3) is 5.54. The highest BCUT2D eigenvalue weighted by atomic mass is 19.1. The van der Waals surface area contributed by atoms with E-state index in [2.05, 4.69) is 19.2 Å². The minimum Gasteiger partial charge on any atom is -0.474 e. The Morgan fingerprint density at radius 1 is 1.25 bits per heavy atom. The van der Waals surface area contributed by atoms with E-state index in [0.29, 0.717) is 38.7 Å². The van der Waals surface area contributed by atoms with Crippen LogP contribution >= 0.6 is 0 Å². The lowest BCUT2D eigenvalue weighted by atomic mass is 10.1. The number of ether oxygens (including phenoxy) is 2. The summed E-state index contributed by atoms with van der Waals surface area (Å²) in [6.45, 7) is 7.00. The van der Waals surface area contributed by atoms with Gasteiger partial charge in [0.1, 0.15) is 17.7 Å². The van der Waals surface area contributed by atoms with E-state index < -0.39 is 0 Å². The van der Waals surface area contributed by atoms with Crippen LogP contribution in [-0.2, 0) is 24.1 Å². The van der Waals surface area contributed by atoms with Crippen LogP contribution in [-0.4, -0.2) is 53.3 Å². The first-order chi connectivity index (χ1) is 15.5. The second-order valence-corrected chi connectivity index (χ2v) is 8.67. The van der Waals surface area contributed by atoms with E-state index in [0.717, 1.165) is 48.3 Å². The predicted octanol–water partition coefficient (Wildman–Crippen LogP) is 3.61. The molecule has 0 saturated carbocycles. The van der Waals surface area contributed by atoms with Gasteiger partial charge in [-0.15, -0.1) is 0 Å². The molecule has 3 heterocycles. The molecule has 0 radical (unpaired) electrons. The van der Waals surface area contributed by atoms with Crippen molar-refractivity contribution in [3.05, 3.63) is 52.7 Å². The second kappa shape index (κ2) is 10.3. The van der Waals surface area contributed by atoms with Crippen molar-refractivity contribution in [3.63, 3.8) is 0 Å². The number of hydrogen-bond acceptors (Lipinski definition) is 5. The Bertz CT molecular complexity index is 945. The fourth-order valence-electron chi connectivity index (χ4n) is 4.06. The number of hydrogen-bond donors (Lipinski definition) is 1. The van der Waals surface area contributed by atoms with Crippen LogP contribution in [0.2, 0.25) is 0 Å². The number of nitrogens with one attached hydrogen (secondary N) is 1. The van der Waals surface area contributed by atoms with Crippen molar-refractivity contribution in [1.29, 1.82) is 0 Å². The van der Waals surface area contributed by atoms with Gasteiger partial charge in [-0.1, -0.05) is 26.0 Å². The molecular weight excluding hydrogens is 411 g/mol. The maximum Gasteiger partial charge on any atom is 0.317 e. The van der Waals surface area contributed by atoms with Crippen LogP contribution in [0.1, 0.15) is 55.3 Å². The third-order valence-electron chi connectivity index (χ3n) is 5.91. The van der Waals surface area contributed by atoms with Crippen molar-refractivity contribution >= 4 is 6.03 Å². The summed E-state index contributed by atoms with van der Waals surface area (Å²) in [5.74, 6) is 1.40. The Hall–Kier alpha value is -2.74. The Labute approximate surface area is 188 Å². The minimum absolute atomic E-state index is 0.00505. The van der Waals surface area contributed by atoms with Gasteiger partial charge < -0.3 is 19.7 Å². The number of aromatic nitrogens is 2. The maximum absolute atomic E-state index is 13.3. The van der Waals surface area contributed by atoms with Crippen molar-refractivity contribution in [2.45, 2.75) is 58.1 Å². The molecule has 7 nitrogen and oxygen atoms in total. The van der Waals surface area contributed by atoms with Gasteiger partial charge in [0.15, 0.2) is 0 Å². The topological polar surface area (TPSA) is 76.6 Å². The van der Waals surface area contributed by atoms with Gasteiger partial charge in [0.05, 0.1) is 18.9 Å². The molecule has 1 aromatic carbocycles. The van der Waals surface area contributed by atoms with Crippen LogP contribution in [0, 0.1) is 5.82 Å². The first kappa shape index (κ1) is 22.5. The van der Waals surface area contributed by atoms with Crippen LogP contribution in [0.3, 0.4) is 0 Å². The zero-order valence-electron chi connectivity index (χ0n) is 18.8. The summed E-state index contributed by atoms with van der Waals surface area (Å²) in [5, 5.41) is 2.87. The van der Waals surface area contributed by atoms with Crippen LogP contribution in [0.5, 0.6) is 5.88 Å². The summed E-state index contributed by atoms with van der Waals surface area (Å²) < 4.78 is 25.3. The monoisotopic (exact) mass is 442 g/mol. The van der Waals surface area contributed by atoms with Crippen LogP contribution < -0.4 is 10.1 Å². The lowest BCUT2D eigenvalue weighted by molar-refractivity contribution is 0.105. The largest absolute Gasteiger partial charge is 0.474 e. The molecule has 2 aliphatic rings. The smallest absolute Gasteiger partial charge is 0.317 e. The molecule has 0 spiro atoms. The number of nitrogens with zero attached hydrogens (tertiary/aromatic N) is 3. The quantitative estimate of drug-likeness (QED) is 0.766. The number of fused-ring (bicyclic) bond motifs is 1. The molecule has 2 amide bonds. The molecule has 32 heavy (non-hydrogen) atoms. The molecule has 172 valence electrons. The third-order valence-corrected chi connectivity index (χ3v) is 5.91.